The van der Waals surface area contributed by atoms with Crippen molar-refractivity contribution in [1.82, 2.24) is 14.8 Å². The minimum Gasteiger partial charge on any atom is -0.478 e. The van der Waals surface area contributed by atoms with Crippen molar-refractivity contribution < 1.29 is 19.1 Å². The van der Waals surface area contributed by atoms with Gasteiger partial charge in [0, 0.05) is 31.5 Å². The molecule has 1 amide bonds. The molecular formula is C23H30FN3O3. The smallest absolute Gasteiger partial charge is 0.337 e. The number of hydrogen-bond acceptors (Lipinski definition) is 3. The number of carbonyl (C=O) groups excluding carboxylic acids is 1. The third kappa shape index (κ3) is 5.48. The van der Waals surface area contributed by atoms with Crippen molar-refractivity contribution in [3.8, 4) is 0 Å². The number of hydrogen-bond donors (Lipinski definition) is 2. The summed E-state index contributed by atoms with van der Waals surface area (Å²) in [4.78, 5) is 26.4. The van der Waals surface area contributed by atoms with E-state index in [9.17, 15) is 19.1 Å². The zero-order valence-electron chi connectivity index (χ0n) is 17.7. The van der Waals surface area contributed by atoms with E-state index in [1.54, 1.807) is 25.3 Å². The lowest BCUT2D eigenvalue weighted by Crippen LogP contribution is -2.38. The number of amides is 1. The molecule has 1 saturated heterocycles. The van der Waals surface area contributed by atoms with E-state index in [-0.39, 0.29) is 23.7 Å². The first-order valence-corrected chi connectivity index (χ1v) is 10.5. The number of rotatable bonds is 8. The topological polar surface area (TPSA) is 74.6 Å². The summed E-state index contributed by atoms with van der Waals surface area (Å²) in [7, 11) is 0. The molecule has 1 aliphatic rings. The van der Waals surface area contributed by atoms with Crippen LogP contribution >= 0.6 is 0 Å². The predicted octanol–water partition coefficient (Wildman–Crippen LogP) is 3.22. The van der Waals surface area contributed by atoms with Crippen molar-refractivity contribution in [1.29, 1.82) is 0 Å². The van der Waals surface area contributed by atoms with E-state index >= 15 is 0 Å². The molecule has 6 nitrogen and oxygen atoms in total. The van der Waals surface area contributed by atoms with Gasteiger partial charge in [0.2, 0.25) is 5.91 Å². The van der Waals surface area contributed by atoms with Gasteiger partial charge < -0.3 is 15.0 Å². The first kappa shape index (κ1) is 22.0. The Morgan fingerprint density at radius 1 is 1.27 bits per heavy atom. The molecule has 1 aromatic carbocycles. The highest BCUT2D eigenvalue weighted by Crippen LogP contribution is 2.20. The first-order valence-electron chi connectivity index (χ1n) is 10.5. The normalized spacial score (nSPS) is 15.3. The summed E-state index contributed by atoms with van der Waals surface area (Å²) >= 11 is 0. The molecule has 0 bridgehead atoms. The Kier molecular flexibility index (Phi) is 7.26. The molecule has 0 spiro atoms. The first-order chi connectivity index (χ1) is 14.4. The lowest BCUT2D eigenvalue weighted by atomic mass is 9.96. The summed E-state index contributed by atoms with van der Waals surface area (Å²) in [6, 6.07) is 6.70. The van der Waals surface area contributed by atoms with Crippen LogP contribution in [0.2, 0.25) is 0 Å². The molecule has 1 fully saturated rings. The fourth-order valence-electron chi connectivity index (χ4n) is 4.23. The molecule has 2 N–H and O–H groups in total. The Balaban J connectivity index is 1.47. The van der Waals surface area contributed by atoms with E-state index in [0.29, 0.717) is 30.3 Å². The zero-order chi connectivity index (χ0) is 21.7. The van der Waals surface area contributed by atoms with Gasteiger partial charge >= 0.3 is 5.97 Å². The molecule has 0 radical (unpaired) electrons. The lowest BCUT2D eigenvalue weighted by molar-refractivity contribution is -0.120. The molecule has 3 rings (SSSR count). The number of carboxylic acid groups (broad SMARTS) is 1. The maximum absolute atomic E-state index is 13.3. The number of nitrogens with one attached hydrogen (secondary N) is 1. The quantitative estimate of drug-likeness (QED) is 0.694. The van der Waals surface area contributed by atoms with Crippen LogP contribution in [0.4, 0.5) is 4.39 Å². The largest absolute Gasteiger partial charge is 0.478 e. The standard InChI is InChI=1S/C23H30FN3O3/c1-3-27-14-16(2)22(23(29)30)20(27)12-21(28)25-13-17-7-9-26(10-8-17)15-18-5-4-6-19(24)11-18/h4-6,11,14,17H,3,7-10,12-13,15H2,1-2H3,(H,25,28)(H,29,30). The molecule has 0 saturated carbocycles. The molecule has 162 valence electrons. The van der Waals surface area contributed by atoms with E-state index in [4.69, 9.17) is 0 Å². The number of aromatic carboxylic acids is 1. The Labute approximate surface area is 176 Å². The number of likely N-dealkylation sites (tertiary alicyclic amines) is 1. The van der Waals surface area contributed by atoms with E-state index in [2.05, 4.69) is 10.2 Å². The second-order valence-corrected chi connectivity index (χ2v) is 8.06. The van der Waals surface area contributed by atoms with Crippen LogP contribution in [0.5, 0.6) is 0 Å². The predicted molar refractivity (Wildman–Crippen MR) is 113 cm³/mol. The summed E-state index contributed by atoms with van der Waals surface area (Å²) in [5, 5.41) is 12.5. The van der Waals surface area contributed by atoms with Crippen LogP contribution in [0.1, 0.15) is 46.9 Å². The van der Waals surface area contributed by atoms with Gasteiger partial charge in [-0.15, -0.1) is 0 Å². The van der Waals surface area contributed by atoms with Crippen molar-refractivity contribution in [3.05, 3.63) is 58.7 Å². The third-order valence-corrected chi connectivity index (χ3v) is 5.85. The second-order valence-electron chi connectivity index (χ2n) is 8.06. The van der Waals surface area contributed by atoms with E-state index in [1.807, 2.05) is 17.6 Å². The highest BCUT2D eigenvalue weighted by Gasteiger charge is 2.23. The average molecular weight is 416 g/mol. The average Bonchev–Trinajstić information content (AvgIpc) is 3.02. The number of piperidine rings is 1. The van der Waals surface area contributed by atoms with Gasteiger partial charge in [-0.2, -0.15) is 0 Å². The highest BCUT2D eigenvalue weighted by molar-refractivity contribution is 5.93. The molecule has 0 atom stereocenters. The zero-order valence-corrected chi connectivity index (χ0v) is 17.7. The van der Waals surface area contributed by atoms with Gasteiger partial charge in [0.25, 0.3) is 0 Å². The van der Waals surface area contributed by atoms with Crippen molar-refractivity contribution >= 4 is 11.9 Å². The monoisotopic (exact) mass is 415 g/mol. The molecule has 7 heteroatoms. The summed E-state index contributed by atoms with van der Waals surface area (Å²) in [6.07, 6.45) is 3.81. The highest BCUT2D eigenvalue weighted by atomic mass is 19.1. The maximum atomic E-state index is 13.3. The lowest BCUT2D eigenvalue weighted by Gasteiger charge is -2.32. The number of carboxylic acids is 1. The van der Waals surface area contributed by atoms with Gasteiger partial charge in [-0.3, -0.25) is 9.69 Å². The van der Waals surface area contributed by atoms with Gasteiger partial charge in [-0.1, -0.05) is 12.1 Å². The van der Waals surface area contributed by atoms with Crippen LogP contribution in [0.25, 0.3) is 0 Å². The van der Waals surface area contributed by atoms with Gasteiger partial charge in [0.05, 0.1) is 12.0 Å². The Morgan fingerprint density at radius 3 is 2.63 bits per heavy atom. The minimum absolute atomic E-state index is 0.0712. The van der Waals surface area contributed by atoms with Crippen LogP contribution < -0.4 is 5.32 Å². The van der Waals surface area contributed by atoms with E-state index in [1.165, 1.54) is 6.07 Å². The molecule has 2 aromatic rings. The Hall–Kier alpha value is -2.67. The van der Waals surface area contributed by atoms with Crippen LogP contribution in [0.3, 0.4) is 0 Å². The molecule has 0 unspecified atom stereocenters. The van der Waals surface area contributed by atoms with Crippen molar-refractivity contribution in [2.24, 2.45) is 5.92 Å². The molecular weight excluding hydrogens is 385 g/mol. The van der Waals surface area contributed by atoms with Gasteiger partial charge in [-0.05, 0) is 69.0 Å². The minimum atomic E-state index is -0.992. The number of aromatic nitrogens is 1. The van der Waals surface area contributed by atoms with Crippen molar-refractivity contribution in [3.63, 3.8) is 0 Å². The third-order valence-electron chi connectivity index (χ3n) is 5.85. The molecule has 1 aliphatic heterocycles. The van der Waals surface area contributed by atoms with Crippen molar-refractivity contribution in [2.75, 3.05) is 19.6 Å². The molecule has 30 heavy (non-hydrogen) atoms. The number of carbonyl (C=O) groups is 2. The summed E-state index contributed by atoms with van der Waals surface area (Å²) in [6.45, 7) is 7.48. The van der Waals surface area contributed by atoms with E-state index in [0.717, 1.165) is 38.0 Å². The second kappa shape index (κ2) is 9.89. The number of benzene rings is 1. The summed E-state index contributed by atoms with van der Waals surface area (Å²) < 4.78 is 15.2. The number of nitrogens with zero attached hydrogens (tertiary/aromatic N) is 2. The van der Waals surface area contributed by atoms with Crippen LogP contribution in [-0.2, 0) is 24.3 Å². The molecule has 2 heterocycles. The molecule has 1 aromatic heterocycles. The molecule has 0 aliphatic carbocycles. The number of halogens is 1. The fourth-order valence-corrected chi connectivity index (χ4v) is 4.23. The Bertz CT molecular complexity index is 901. The number of aryl methyl sites for hydroxylation is 2. The van der Waals surface area contributed by atoms with Gasteiger partial charge in [0.15, 0.2) is 0 Å². The van der Waals surface area contributed by atoms with Gasteiger partial charge in [-0.25, -0.2) is 9.18 Å². The summed E-state index contributed by atoms with van der Waals surface area (Å²) in [5.41, 5.74) is 2.45. The fraction of sp³-hybridized carbons (Fsp3) is 0.478. The van der Waals surface area contributed by atoms with Crippen LogP contribution in [0, 0.1) is 18.7 Å². The van der Waals surface area contributed by atoms with Gasteiger partial charge in [0.1, 0.15) is 5.82 Å². The van der Waals surface area contributed by atoms with Crippen LogP contribution in [0.15, 0.2) is 30.5 Å². The van der Waals surface area contributed by atoms with E-state index < -0.39 is 5.97 Å². The summed E-state index contributed by atoms with van der Waals surface area (Å²) in [5.74, 6) is -0.947. The maximum Gasteiger partial charge on any atom is 0.337 e. The SMILES string of the molecule is CCn1cc(C)c(C(=O)O)c1CC(=O)NCC1CCN(Cc2cccc(F)c2)CC1. The Morgan fingerprint density at radius 2 is 2.00 bits per heavy atom. The van der Waals surface area contributed by atoms with Crippen molar-refractivity contribution in [2.45, 2.75) is 46.2 Å². The van der Waals surface area contributed by atoms with Crippen LogP contribution in [-0.4, -0.2) is 46.1 Å².